The molecule has 0 spiro atoms. The number of hydrogen-bond donors (Lipinski definition) is 2. The van der Waals surface area contributed by atoms with Gasteiger partial charge >= 0.3 is 6.18 Å². The van der Waals surface area contributed by atoms with E-state index in [1.54, 1.807) is 11.0 Å². The summed E-state index contributed by atoms with van der Waals surface area (Å²) in [6.45, 7) is 3.61. The second-order valence-corrected chi connectivity index (χ2v) is 10.3. The van der Waals surface area contributed by atoms with E-state index >= 15 is 0 Å². The number of benzene rings is 2. The molecular formula is C29H34F3N7O3. The van der Waals surface area contributed by atoms with Gasteiger partial charge in [-0.3, -0.25) is 9.59 Å². The summed E-state index contributed by atoms with van der Waals surface area (Å²) in [4.78, 5) is 35.4. The van der Waals surface area contributed by atoms with E-state index in [0.717, 1.165) is 31.2 Å². The van der Waals surface area contributed by atoms with Gasteiger partial charge in [0.05, 0.1) is 5.56 Å². The van der Waals surface area contributed by atoms with Gasteiger partial charge in [-0.05, 0) is 68.9 Å². The SMILES string of the molecule is CC(=O)Nc1cc(Oc2ccc3c(c2)CCN3C)ncn1.CN(C)C1CCN(c2ccc(NC=O)cc2C(F)(F)F)C1. The van der Waals surface area contributed by atoms with Crippen LogP contribution in [0.4, 0.5) is 36.1 Å². The number of carbonyl (C=O) groups is 2. The predicted molar refractivity (Wildman–Crippen MR) is 155 cm³/mol. The summed E-state index contributed by atoms with van der Waals surface area (Å²) in [6, 6.07) is 11.7. The number of carbonyl (C=O) groups excluding carboxylic acids is 2. The minimum Gasteiger partial charge on any atom is -0.439 e. The number of anilines is 4. The number of nitrogens with one attached hydrogen (secondary N) is 2. The quantitative estimate of drug-likeness (QED) is 0.387. The maximum Gasteiger partial charge on any atom is 0.418 e. The van der Waals surface area contributed by atoms with Crippen molar-refractivity contribution >= 4 is 35.2 Å². The Morgan fingerprint density at radius 1 is 1.10 bits per heavy atom. The summed E-state index contributed by atoms with van der Waals surface area (Å²) in [7, 11) is 5.93. The molecule has 2 aromatic carbocycles. The molecule has 0 bridgehead atoms. The summed E-state index contributed by atoms with van der Waals surface area (Å²) >= 11 is 0. The van der Waals surface area contributed by atoms with Gasteiger partial charge < -0.3 is 30.1 Å². The molecule has 2 aliphatic rings. The molecule has 10 nitrogen and oxygen atoms in total. The number of aromatic nitrogens is 2. The molecule has 1 fully saturated rings. The van der Waals surface area contributed by atoms with E-state index in [0.29, 0.717) is 31.2 Å². The number of rotatable bonds is 7. The average Bonchev–Trinajstić information content (AvgIpc) is 3.56. The Labute approximate surface area is 242 Å². The van der Waals surface area contributed by atoms with E-state index in [9.17, 15) is 22.8 Å². The summed E-state index contributed by atoms with van der Waals surface area (Å²) in [5.41, 5.74) is 2.11. The van der Waals surface area contributed by atoms with E-state index in [1.807, 2.05) is 37.2 Å². The molecule has 3 heterocycles. The first-order chi connectivity index (χ1) is 19.9. The Bertz CT molecular complexity index is 1420. The van der Waals surface area contributed by atoms with Gasteiger partial charge in [-0.2, -0.15) is 13.2 Å². The van der Waals surface area contributed by atoms with Gasteiger partial charge in [0.2, 0.25) is 18.2 Å². The third kappa shape index (κ3) is 7.66. The molecule has 13 heteroatoms. The van der Waals surface area contributed by atoms with Gasteiger partial charge in [-0.15, -0.1) is 0 Å². The first-order valence-corrected chi connectivity index (χ1v) is 13.4. The molecule has 2 aliphatic heterocycles. The second kappa shape index (κ2) is 13.1. The maximum absolute atomic E-state index is 13.2. The third-order valence-electron chi connectivity index (χ3n) is 7.11. The van der Waals surface area contributed by atoms with Crippen LogP contribution >= 0.6 is 0 Å². The molecule has 0 aliphatic carbocycles. The van der Waals surface area contributed by atoms with Crippen LogP contribution in [0.5, 0.6) is 11.6 Å². The number of ether oxygens (including phenoxy) is 1. The topological polar surface area (TPSA) is 103 Å². The van der Waals surface area contributed by atoms with Crippen molar-refractivity contribution in [3.8, 4) is 11.6 Å². The van der Waals surface area contributed by atoms with Gasteiger partial charge in [0.25, 0.3) is 0 Å². The molecule has 42 heavy (non-hydrogen) atoms. The van der Waals surface area contributed by atoms with Gasteiger partial charge in [0, 0.05) is 62.8 Å². The van der Waals surface area contributed by atoms with Gasteiger partial charge in [0.1, 0.15) is 17.9 Å². The van der Waals surface area contributed by atoms with Gasteiger partial charge in [-0.25, -0.2) is 9.97 Å². The number of likely N-dealkylation sites (N-methyl/N-ethyl adjacent to an activating group) is 2. The molecule has 224 valence electrons. The van der Waals surface area contributed by atoms with Crippen LogP contribution in [0.2, 0.25) is 0 Å². The van der Waals surface area contributed by atoms with Gasteiger partial charge in [-0.1, -0.05) is 0 Å². The second-order valence-electron chi connectivity index (χ2n) is 10.3. The average molecular weight is 586 g/mol. The Kier molecular flexibility index (Phi) is 9.51. The molecule has 1 atom stereocenters. The standard InChI is InChI=1S/C15H16N4O2.C14H18F3N3O/c1-10(20)18-14-8-15(17-9-16-14)21-12-3-4-13-11(7-12)5-6-19(13)2;1-19(2)11-5-6-20(8-11)13-4-3-10(18-9-21)7-12(13)14(15,16)17/h3-4,7-9H,5-6H2,1-2H3,(H,16,17,18,20);3-4,7,9,11H,5-6,8H2,1-2H3,(H,18,21). The molecule has 3 aromatic rings. The zero-order valence-electron chi connectivity index (χ0n) is 23.9. The number of alkyl halides is 3. The normalized spacial score (nSPS) is 16.0. The largest absolute Gasteiger partial charge is 0.439 e. The van der Waals surface area contributed by atoms with Crippen molar-refractivity contribution in [3.63, 3.8) is 0 Å². The zero-order valence-corrected chi connectivity index (χ0v) is 23.9. The highest BCUT2D eigenvalue weighted by molar-refractivity contribution is 5.87. The van der Waals surface area contributed by atoms with Crippen molar-refractivity contribution < 1.29 is 27.5 Å². The Hall–Kier alpha value is -4.39. The first-order valence-electron chi connectivity index (χ1n) is 13.4. The van der Waals surface area contributed by atoms with E-state index in [4.69, 9.17) is 4.74 Å². The van der Waals surface area contributed by atoms with Crippen LogP contribution in [-0.4, -0.2) is 74.0 Å². The first kappa shape index (κ1) is 30.6. The van der Waals surface area contributed by atoms with E-state index in [-0.39, 0.29) is 23.3 Å². The lowest BCUT2D eigenvalue weighted by molar-refractivity contribution is -0.137. The Morgan fingerprint density at radius 2 is 1.86 bits per heavy atom. The van der Waals surface area contributed by atoms with E-state index in [1.165, 1.54) is 36.6 Å². The molecular weight excluding hydrogens is 551 g/mol. The van der Waals surface area contributed by atoms with Crippen molar-refractivity contribution in [1.82, 2.24) is 14.9 Å². The fourth-order valence-corrected chi connectivity index (χ4v) is 4.95. The Balaban J connectivity index is 0.000000193. The molecule has 0 saturated carbocycles. The molecule has 0 radical (unpaired) electrons. The van der Waals surface area contributed by atoms with Crippen LogP contribution in [-0.2, 0) is 22.2 Å². The zero-order chi connectivity index (χ0) is 30.4. The highest BCUT2D eigenvalue weighted by atomic mass is 19.4. The molecule has 2 amide bonds. The third-order valence-corrected chi connectivity index (χ3v) is 7.11. The summed E-state index contributed by atoms with van der Waals surface area (Å²) in [5, 5.41) is 4.86. The summed E-state index contributed by atoms with van der Waals surface area (Å²) in [6.07, 6.45) is -0.871. The van der Waals surface area contributed by atoms with Crippen molar-refractivity contribution in [1.29, 1.82) is 0 Å². The fraction of sp³-hybridized carbons (Fsp3) is 0.379. The van der Waals surface area contributed by atoms with Crippen molar-refractivity contribution in [2.75, 3.05) is 61.2 Å². The van der Waals surface area contributed by atoms with E-state index in [2.05, 4.69) is 32.5 Å². The summed E-state index contributed by atoms with van der Waals surface area (Å²) < 4.78 is 45.4. The summed E-state index contributed by atoms with van der Waals surface area (Å²) in [5.74, 6) is 1.38. The molecule has 5 rings (SSSR count). The minimum absolute atomic E-state index is 0.143. The number of nitrogens with zero attached hydrogens (tertiary/aromatic N) is 5. The van der Waals surface area contributed by atoms with Crippen molar-refractivity contribution in [2.24, 2.45) is 0 Å². The maximum atomic E-state index is 13.2. The lowest BCUT2D eigenvalue weighted by Gasteiger charge is -2.25. The number of amides is 2. The van der Waals surface area contributed by atoms with Gasteiger partial charge in [0.15, 0.2) is 0 Å². The van der Waals surface area contributed by atoms with Crippen molar-refractivity contribution in [2.45, 2.75) is 32.0 Å². The molecule has 1 saturated heterocycles. The van der Waals surface area contributed by atoms with E-state index < -0.39 is 11.7 Å². The highest BCUT2D eigenvalue weighted by Crippen LogP contribution is 2.39. The lowest BCUT2D eigenvalue weighted by atomic mass is 10.1. The minimum atomic E-state index is -4.45. The fourth-order valence-electron chi connectivity index (χ4n) is 4.95. The number of halogens is 3. The number of hydrogen-bond acceptors (Lipinski definition) is 8. The van der Waals surface area contributed by atoms with Crippen LogP contribution in [0.15, 0.2) is 48.8 Å². The molecule has 1 aromatic heterocycles. The number of fused-ring (bicyclic) bond motifs is 1. The van der Waals surface area contributed by atoms with Crippen LogP contribution in [0.3, 0.4) is 0 Å². The van der Waals surface area contributed by atoms with Crippen LogP contribution in [0.1, 0.15) is 24.5 Å². The molecule has 1 unspecified atom stereocenters. The van der Waals surface area contributed by atoms with Crippen LogP contribution in [0.25, 0.3) is 0 Å². The predicted octanol–water partition coefficient (Wildman–Crippen LogP) is 4.63. The smallest absolute Gasteiger partial charge is 0.418 e. The van der Waals surface area contributed by atoms with Crippen LogP contribution in [0, 0.1) is 0 Å². The monoisotopic (exact) mass is 585 g/mol. The van der Waals surface area contributed by atoms with Crippen LogP contribution < -0.4 is 25.2 Å². The highest BCUT2D eigenvalue weighted by Gasteiger charge is 2.37. The Morgan fingerprint density at radius 3 is 2.52 bits per heavy atom. The molecule has 2 N–H and O–H groups in total. The lowest BCUT2D eigenvalue weighted by Crippen LogP contribution is -2.32. The van der Waals surface area contributed by atoms with Crippen molar-refractivity contribution in [3.05, 3.63) is 59.9 Å².